The third kappa shape index (κ3) is 3.99. The topological polar surface area (TPSA) is 63.8 Å². The summed E-state index contributed by atoms with van der Waals surface area (Å²) in [5, 5.41) is 16.1. The van der Waals surface area contributed by atoms with Gasteiger partial charge in [-0.1, -0.05) is 42.4 Å². The number of nitrogens with one attached hydrogen (secondary N) is 1. The monoisotopic (exact) mass is 378 g/mol. The Kier molecular flexibility index (Phi) is 5.15. The minimum Gasteiger partial charge on any atom is -0.472 e. The SMILES string of the molecule is c1cc(-c2nc(CSc3nnc(NC4CCCCC4)s3)cs2)co1. The number of hydrogen-bond acceptors (Lipinski definition) is 8. The molecule has 3 aromatic heterocycles. The Morgan fingerprint density at radius 3 is 3.00 bits per heavy atom. The standard InChI is InChI=1S/C16H18N4OS3/c1-2-4-12(5-3-1)18-15-19-20-16(24-15)23-10-13-9-22-14(17-13)11-6-7-21-8-11/h6-9,12H,1-5,10H2,(H,18,19). The summed E-state index contributed by atoms with van der Waals surface area (Å²) in [6.07, 6.45) is 9.90. The number of thiazole rings is 1. The second kappa shape index (κ2) is 7.67. The van der Waals surface area contributed by atoms with Crippen LogP contribution in [0.15, 0.2) is 32.7 Å². The first-order chi connectivity index (χ1) is 11.9. The maximum absolute atomic E-state index is 5.11. The van der Waals surface area contributed by atoms with Crippen LogP contribution in [-0.4, -0.2) is 21.2 Å². The summed E-state index contributed by atoms with van der Waals surface area (Å²) in [7, 11) is 0. The lowest BCUT2D eigenvalue weighted by Crippen LogP contribution is -2.21. The van der Waals surface area contributed by atoms with E-state index in [0.717, 1.165) is 31.5 Å². The van der Waals surface area contributed by atoms with Crippen molar-refractivity contribution in [2.75, 3.05) is 5.32 Å². The van der Waals surface area contributed by atoms with Crippen molar-refractivity contribution in [3.05, 3.63) is 29.7 Å². The molecule has 0 radical (unpaired) electrons. The number of nitrogens with zero attached hydrogens (tertiary/aromatic N) is 3. The Labute approximate surface area is 152 Å². The predicted octanol–water partition coefficient (Wildman–Crippen LogP) is 5.29. The summed E-state index contributed by atoms with van der Waals surface area (Å²) in [4.78, 5) is 4.65. The second-order valence-electron chi connectivity index (χ2n) is 5.80. The van der Waals surface area contributed by atoms with E-state index in [1.54, 1.807) is 47.0 Å². The van der Waals surface area contributed by atoms with Crippen LogP contribution >= 0.6 is 34.4 Å². The molecule has 0 aromatic carbocycles. The smallest absolute Gasteiger partial charge is 0.206 e. The summed E-state index contributed by atoms with van der Waals surface area (Å²) in [6, 6.07) is 2.50. The van der Waals surface area contributed by atoms with Gasteiger partial charge in [0.15, 0.2) is 4.34 Å². The van der Waals surface area contributed by atoms with Gasteiger partial charge in [0.1, 0.15) is 11.3 Å². The molecule has 1 N–H and O–H groups in total. The fourth-order valence-electron chi connectivity index (χ4n) is 2.78. The molecule has 0 saturated heterocycles. The fourth-order valence-corrected chi connectivity index (χ4v) is 5.41. The van der Waals surface area contributed by atoms with Gasteiger partial charge in [-0.15, -0.1) is 21.5 Å². The van der Waals surface area contributed by atoms with Gasteiger partial charge in [0.25, 0.3) is 0 Å². The van der Waals surface area contributed by atoms with E-state index in [4.69, 9.17) is 4.42 Å². The Balaban J connectivity index is 1.31. The average molecular weight is 379 g/mol. The molecule has 4 rings (SSSR count). The first-order valence-corrected chi connectivity index (χ1v) is 10.7. The summed E-state index contributed by atoms with van der Waals surface area (Å²) in [6.45, 7) is 0. The van der Waals surface area contributed by atoms with E-state index in [-0.39, 0.29) is 0 Å². The summed E-state index contributed by atoms with van der Waals surface area (Å²) >= 11 is 4.97. The van der Waals surface area contributed by atoms with Crippen molar-refractivity contribution in [3.8, 4) is 10.6 Å². The predicted molar refractivity (Wildman–Crippen MR) is 99.8 cm³/mol. The zero-order valence-corrected chi connectivity index (χ0v) is 15.6. The summed E-state index contributed by atoms with van der Waals surface area (Å²) < 4.78 is 6.10. The third-order valence-electron chi connectivity index (χ3n) is 4.00. The minimum absolute atomic E-state index is 0.570. The van der Waals surface area contributed by atoms with Crippen molar-refractivity contribution in [2.45, 2.75) is 48.2 Å². The molecule has 1 saturated carbocycles. The molecular weight excluding hydrogens is 360 g/mol. The molecule has 0 aliphatic heterocycles. The number of hydrogen-bond donors (Lipinski definition) is 1. The van der Waals surface area contributed by atoms with Gasteiger partial charge in [0.05, 0.1) is 12.0 Å². The number of thioether (sulfide) groups is 1. The lowest BCUT2D eigenvalue weighted by molar-refractivity contribution is 0.462. The molecule has 1 aliphatic carbocycles. The molecular formula is C16H18N4OS3. The average Bonchev–Trinajstić information content (AvgIpc) is 3.35. The number of furan rings is 1. The van der Waals surface area contributed by atoms with Crippen molar-refractivity contribution in [3.63, 3.8) is 0 Å². The van der Waals surface area contributed by atoms with Crippen molar-refractivity contribution < 1.29 is 4.42 Å². The quantitative estimate of drug-likeness (QED) is 0.588. The highest BCUT2D eigenvalue weighted by Gasteiger charge is 2.15. The van der Waals surface area contributed by atoms with Crippen LogP contribution in [0.3, 0.4) is 0 Å². The minimum atomic E-state index is 0.570. The van der Waals surface area contributed by atoms with E-state index < -0.39 is 0 Å². The van der Waals surface area contributed by atoms with Crippen LogP contribution < -0.4 is 5.32 Å². The van der Waals surface area contributed by atoms with Gasteiger partial charge in [0.2, 0.25) is 5.13 Å². The molecule has 24 heavy (non-hydrogen) atoms. The maximum atomic E-state index is 5.11. The molecule has 1 aliphatic rings. The third-order valence-corrected chi connectivity index (χ3v) is 6.96. The Morgan fingerprint density at radius 2 is 2.17 bits per heavy atom. The largest absolute Gasteiger partial charge is 0.472 e. The van der Waals surface area contributed by atoms with Gasteiger partial charge < -0.3 is 9.73 Å². The van der Waals surface area contributed by atoms with E-state index in [2.05, 4.69) is 25.9 Å². The summed E-state index contributed by atoms with van der Waals surface area (Å²) in [5.41, 5.74) is 2.10. The van der Waals surface area contributed by atoms with E-state index in [1.807, 2.05) is 6.07 Å². The van der Waals surface area contributed by atoms with Crippen molar-refractivity contribution in [1.82, 2.24) is 15.2 Å². The van der Waals surface area contributed by atoms with Crippen LogP contribution in [0.25, 0.3) is 10.6 Å². The molecule has 0 atom stereocenters. The maximum Gasteiger partial charge on any atom is 0.206 e. The number of anilines is 1. The Hall–Kier alpha value is -1.38. The highest BCUT2D eigenvalue weighted by molar-refractivity contribution is 8.00. The first kappa shape index (κ1) is 16.1. The zero-order valence-electron chi connectivity index (χ0n) is 13.1. The molecule has 0 bridgehead atoms. The Bertz CT molecular complexity index is 762. The van der Waals surface area contributed by atoms with E-state index in [9.17, 15) is 0 Å². The van der Waals surface area contributed by atoms with Crippen LogP contribution in [0.1, 0.15) is 37.8 Å². The lowest BCUT2D eigenvalue weighted by Gasteiger charge is -2.21. The highest BCUT2D eigenvalue weighted by Crippen LogP contribution is 2.31. The van der Waals surface area contributed by atoms with Crippen molar-refractivity contribution >= 4 is 39.6 Å². The molecule has 5 nitrogen and oxygen atoms in total. The van der Waals surface area contributed by atoms with Gasteiger partial charge in [-0.3, -0.25) is 0 Å². The van der Waals surface area contributed by atoms with E-state index in [0.29, 0.717) is 6.04 Å². The molecule has 3 aromatic rings. The van der Waals surface area contributed by atoms with Crippen LogP contribution in [0.5, 0.6) is 0 Å². The van der Waals surface area contributed by atoms with E-state index >= 15 is 0 Å². The fraction of sp³-hybridized carbons (Fsp3) is 0.438. The molecule has 0 spiro atoms. The summed E-state index contributed by atoms with van der Waals surface area (Å²) in [5.74, 6) is 0.812. The van der Waals surface area contributed by atoms with Crippen molar-refractivity contribution in [2.24, 2.45) is 0 Å². The highest BCUT2D eigenvalue weighted by atomic mass is 32.2. The Morgan fingerprint density at radius 1 is 1.25 bits per heavy atom. The van der Waals surface area contributed by atoms with E-state index in [1.165, 1.54) is 32.1 Å². The first-order valence-electron chi connectivity index (χ1n) is 8.06. The van der Waals surface area contributed by atoms with Crippen LogP contribution in [0.4, 0.5) is 5.13 Å². The molecule has 126 valence electrons. The van der Waals surface area contributed by atoms with Crippen molar-refractivity contribution in [1.29, 1.82) is 0 Å². The lowest BCUT2D eigenvalue weighted by atomic mass is 9.96. The van der Waals surface area contributed by atoms with Gasteiger partial charge in [0, 0.05) is 22.7 Å². The molecule has 1 fully saturated rings. The van der Waals surface area contributed by atoms with Gasteiger partial charge in [-0.05, 0) is 18.9 Å². The molecule has 0 unspecified atom stereocenters. The van der Waals surface area contributed by atoms with Crippen LogP contribution in [-0.2, 0) is 5.75 Å². The zero-order chi connectivity index (χ0) is 16.2. The van der Waals surface area contributed by atoms with Crippen LogP contribution in [0.2, 0.25) is 0 Å². The van der Waals surface area contributed by atoms with Gasteiger partial charge in [-0.2, -0.15) is 0 Å². The molecule has 8 heteroatoms. The molecule has 0 amide bonds. The van der Waals surface area contributed by atoms with Crippen LogP contribution in [0, 0.1) is 0 Å². The molecule has 3 heterocycles. The normalized spacial score (nSPS) is 15.7. The van der Waals surface area contributed by atoms with Gasteiger partial charge in [-0.25, -0.2) is 4.98 Å². The number of rotatable bonds is 6. The number of aromatic nitrogens is 3. The second-order valence-corrected chi connectivity index (χ2v) is 8.86. The van der Waals surface area contributed by atoms with Gasteiger partial charge >= 0.3 is 0 Å².